The number of imidazole rings is 1. The minimum atomic E-state index is -0.709. The Hall–Kier alpha value is -4.42. The predicted molar refractivity (Wildman–Crippen MR) is 168 cm³/mol. The molecular formula is C34H39N5O4. The largest absolute Gasteiger partial charge is 0.465 e. The fraction of sp³-hybridized carbons (Fsp3) is 0.412. The molecule has 0 atom stereocenters. The highest BCUT2D eigenvalue weighted by atomic mass is 16.6. The van der Waals surface area contributed by atoms with Crippen molar-refractivity contribution in [2.45, 2.75) is 71.9 Å². The first-order valence-corrected chi connectivity index (χ1v) is 14.8. The van der Waals surface area contributed by atoms with Crippen LogP contribution in [0.3, 0.4) is 0 Å². The summed E-state index contributed by atoms with van der Waals surface area (Å²) in [5, 5.41) is 14.9. The first-order valence-electron chi connectivity index (χ1n) is 14.8. The van der Waals surface area contributed by atoms with Crippen LogP contribution in [0.4, 0.5) is 10.5 Å². The van der Waals surface area contributed by atoms with E-state index in [1.54, 1.807) is 4.90 Å². The zero-order chi connectivity index (χ0) is 31.1. The first-order chi connectivity index (χ1) is 20.5. The third kappa shape index (κ3) is 5.55. The van der Waals surface area contributed by atoms with Crippen molar-refractivity contribution in [2.75, 3.05) is 25.1 Å². The SMILES string of the molecule is COC(=O)c1c(C)c(N(C(=O)OC(C)(C)C)C2CCNCC2)cc2c1nc(C(C)C)n2-c1ccc(C#N)c2ccccc12. The third-order valence-electron chi connectivity index (χ3n) is 7.90. The minimum absolute atomic E-state index is 0.0116. The van der Waals surface area contributed by atoms with Crippen LogP contribution in [0.15, 0.2) is 42.5 Å². The van der Waals surface area contributed by atoms with Crippen LogP contribution >= 0.6 is 0 Å². The van der Waals surface area contributed by atoms with Crippen molar-refractivity contribution in [1.82, 2.24) is 14.9 Å². The summed E-state index contributed by atoms with van der Waals surface area (Å²) < 4.78 is 13.3. The van der Waals surface area contributed by atoms with Crippen LogP contribution in [-0.4, -0.2) is 53.5 Å². The molecule has 0 spiro atoms. The van der Waals surface area contributed by atoms with Gasteiger partial charge < -0.3 is 14.8 Å². The van der Waals surface area contributed by atoms with Crippen molar-refractivity contribution in [1.29, 1.82) is 5.26 Å². The molecule has 4 aromatic rings. The van der Waals surface area contributed by atoms with E-state index in [9.17, 15) is 14.9 Å². The maximum absolute atomic E-state index is 13.9. The summed E-state index contributed by atoms with van der Waals surface area (Å²) in [5.41, 5.74) is 3.37. The number of benzene rings is 3. The molecule has 1 saturated heterocycles. The number of fused-ring (bicyclic) bond motifs is 2. The number of nitrogens with one attached hydrogen (secondary N) is 1. The highest BCUT2D eigenvalue weighted by Gasteiger charge is 2.35. The van der Waals surface area contributed by atoms with Crippen molar-refractivity contribution in [3.05, 3.63) is 65.0 Å². The normalized spacial score (nSPS) is 14.2. The molecule has 9 heteroatoms. The van der Waals surface area contributed by atoms with Crippen LogP contribution in [0.1, 0.15) is 80.7 Å². The lowest BCUT2D eigenvalue weighted by Crippen LogP contribution is -2.48. The molecule has 224 valence electrons. The van der Waals surface area contributed by atoms with Crippen molar-refractivity contribution in [3.8, 4) is 11.8 Å². The summed E-state index contributed by atoms with van der Waals surface area (Å²) in [4.78, 5) is 34.2. The molecule has 9 nitrogen and oxygen atoms in total. The fourth-order valence-electron chi connectivity index (χ4n) is 5.95. The van der Waals surface area contributed by atoms with Crippen LogP contribution in [0, 0.1) is 18.3 Å². The molecule has 1 aliphatic heterocycles. The first kappa shape index (κ1) is 30.1. The van der Waals surface area contributed by atoms with Crippen LogP contribution in [0.2, 0.25) is 0 Å². The Morgan fingerprint density at radius 1 is 1.12 bits per heavy atom. The average Bonchev–Trinajstić information content (AvgIpc) is 3.35. The van der Waals surface area contributed by atoms with Gasteiger partial charge in [-0.2, -0.15) is 5.26 Å². The second-order valence-corrected chi connectivity index (χ2v) is 12.3. The molecule has 1 amide bonds. The van der Waals surface area contributed by atoms with E-state index in [4.69, 9.17) is 14.5 Å². The number of carbonyl (C=O) groups excluding carboxylic acids is 2. The predicted octanol–water partition coefficient (Wildman–Crippen LogP) is 6.76. The second-order valence-electron chi connectivity index (χ2n) is 12.3. The topological polar surface area (TPSA) is 109 Å². The van der Waals surface area contributed by atoms with E-state index in [2.05, 4.69) is 29.8 Å². The van der Waals surface area contributed by atoms with Crippen molar-refractivity contribution in [3.63, 3.8) is 0 Å². The van der Waals surface area contributed by atoms with Gasteiger partial charge in [0.05, 0.1) is 41.2 Å². The lowest BCUT2D eigenvalue weighted by molar-refractivity contribution is 0.0554. The standard InChI is InChI=1S/C34H39N5O4/c1-20(2)31-37-30-28(39(31)26-13-12-22(19-35)24-10-8-9-11-25(24)26)18-27(21(3)29(30)32(40)42-7)38(23-14-16-36-17-15-23)33(41)43-34(4,5)6/h8-13,18,20,23,36H,14-17H2,1-7H3. The molecule has 1 fully saturated rings. The number of amides is 1. The molecule has 1 aliphatic rings. The number of ether oxygens (including phenoxy) is 2. The van der Waals surface area contributed by atoms with Crippen LogP contribution in [0.5, 0.6) is 0 Å². The Bertz CT molecular complexity index is 1750. The van der Waals surface area contributed by atoms with Gasteiger partial charge in [0.15, 0.2) is 0 Å². The summed E-state index contributed by atoms with van der Waals surface area (Å²) in [6, 6.07) is 15.6. The smallest absolute Gasteiger partial charge is 0.415 e. The van der Waals surface area contributed by atoms with E-state index in [0.717, 1.165) is 48.2 Å². The highest BCUT2D eigenvalue weighted by Crippen LogP contribution is 2.39. The van der Waals surface area contributed by atoms with Crippen molar-refractivity contribution in [2.24, 2.45) is 0 Å². The third-order valence-corrected chi connectivity index (χ3v) is 7.90. The van der Waals surface area contributed by atoms with Gasteiger partial charge in [-0.25, -0.2) is 14.6 Å². The van der Waals surface area contributed by atoms with Gasteiger partial charge in [-0.05, 0) is 77.4 Å². The van der Waals surface area contributed by atoms with Gasteiger partial charge in [0.1, 0.15) is 16.9 Å². The van der Waals surface area contributed by atoms with E-state index in [-0.39, 0.29) is 12.0 Å². The Morgan fingerprint density at radius 2 is 1.79 bits per heavy atom. The van der Waals surface area contributed by atoms with Gasteiger partial charge >= 0.3 is 12.1 Å². The van der Waals surface area contributed by atoms with E-state index < -0.39 is 17.7 Å². The van der Waals surface area contributed by atoms with Gasteiger partial charge in [-0.3, -0.25) is 9.47 Å². The van der Waals surface area contributed by atoms with Gasteiger partial charge in [-0.15, -0.1) is 0 Å². The molecule has 3 aromatic carbocycles. The van der Waals surface area contributed by atoms with Gasteiger partial charge in [0.25, 0.3) is 0 Å². The number of hydrogen-bond acceptors (Lipinski definition) is 7. The maximum atomic E-state index is 13.9. The number of carbonyl (C=O) groups is 2. The number of hydrogen-bond donors (Lipinski definition) is 1. The van der Waals surface area contributed by atoms with Crippen LogP contribution < -0.4 is 10.2 Å². The molecule has 0 saturated carbocycles. The number of piperidine rings is 1. The Labute approximate surface area is 252 Å². The minimum Gasteiger partial charge on any atom is -0.465 e. The number of methoxy groups -OCH3 is 1. The number of nitriles is 1. The zero-order valence-electron chi connectivity index (χ0n) is 25.9. The number of esters is 1. The molecule has 5 rings (SSSR count). The molecule has 0 radical (unpaired) electrons. The lowest BCUT2D eigenvalue weighted by atomic mass is 9.99. The van der Waals surface area contributed by atoms with Crippen LogP contribution in [0.25, 0.3) is 27.5 Å². The Kier molecular flexibility index (Phi) is 8.17. The number of aromatic nitrogens is 2. The van der Waals surface area contributed by atoms with E-state index in [1.807, 2.05) is 70.2 Å². The molecule has 1 aromatic heterocycles. The zero-order valence-corrected chi connectivity index (χ0v) is 25.9. The maximum Gasteiger partial charge on any atom is 0.415 e. The van der Waals surface area contributed by atoms with E-state index in [1.165, 1.54) is 7.11 Å². The number of nitrogens with zero attached hydrogens (tertiary/aromatic N) is 4. The quantitative estimate of drug-likeness (QED) is 0.259. The summed E-state index contributed by atoms with van der Waals surface area (Å²) >= 11 is 0. The Balaban J connectivity index is 1.89. The summed E-state index contributed by atoms with van der Waals surface area (Å²) in [7, 11) is 1.35. The summed E-state index contributed by atoms with van der Waals surface area (Å²) in [5.74, 6) is 0.211. The molecule has 1 N–H and O–H groups in total. The Morgan fingerprint density at radius 3 is 2.40 bits per heavy atom. The molecule has 0 unspecified atom stereocenters. The molecule has 43 heavy (non-hydrogen) atoms. The fourth-order valence-corrected chi connectivity index (χ4v) is 5.95. The molecule has 2 heterocycles. The van der Waals surface area contributed by atoms with E-state index >= 15 is 0 Å². The second kappa shape index (κ2) is 11.7. The molecular weight excluding hydrogens is 542 g/mol. The van der Waals surface area contributed by atoms with Gasteiger partial charge in [0.2, 0.25) is 0 Å². The average molecular weight is 582 g/mol. The van der Waals surface area contributed by atoms with Crippen LogP contribution in [-0.2, 0) is 9.47 Å². The van der Waals surface area contributed by atoms with E-state index in [0.29, 0.717) is 33.4 Å². The monoisotopic (exact) mass is 581 g/mol. The summed E-state index contributed by atoms with van der Waals surface area (Å²) in [6.07, 6.45) is 1.01. The highest BCUT2D eigenvalue weighted by molar-refractivity contribution is 6.08. The summed E-state index contributed by atoms with van der Waals surface area (Å²) in [6.45, 7) is 13.0. The number of anilines is 1. The number of rotatable bonds is 5. The van der Waals surface area contributed by atoms with Crippen molar-refractivity contribution < 1.29 is 19.1 Å². The van der Waals surface area contributed by atoms with Crippen molar-refractivity contribution >= 4 is 39.6 Å². The molecule has 0 aliphatic carbocycles. The lowest BCUT2D eigenvalue weighted by Gasteiger charge is -2.37. The van der Waals surface area contributed by atoms with Gasteiger partial charge in [0, 0.05) is 22.7 Å². The molecule has 0 bridgehead atoms. The van der Waals surface area contributed by atoms with Gasteiger partial charge in [-0.1, -0.05) is 38.1 Å².